The van der Waals surface area contributed by atoms with Crippen molar-refractivity contribution >= 4 is 28.6 Å². The second kappa shape index (κ2) is 4.39. The minimum Gasteiger partial charge on any atom is -0.354 e. The van der Waals surface area contributed by atoms with E-state index in [0.29, 0.717) is 11.2 Å². The molecule has 3 heterocycles. The van der Waals surface area contributed by atoms with Crippen LogP contribution >= 0.6 is 11.6 Å². The van der Waals surface area contributed by atoms with Gasteiger partial charge in [-0.1, -0.05) is 6.92 Å². The standard InChI is InChI=1S/C12H16ClN5/c1-8-4-3-5-18(6-8)11-9-10(15-12(13)16-11)17(2)7-14-9/h7-8H,3-6H2,1-2H3. The number of fused-ring (bicyclic) bond motifs is 1. The van der Waals surface area contributed by atoms with Crippen LogP contribution in [0.3, 0.4) is 0 Å². The number of imidazole rings is 1. The number of rotatable bonds is 1. The van der Waals surface area contributed by atoms with Crippen molar-refractivity contribution in [3.05, 3.63) is 11.6 Å². The molecule has 1 aliphatic heterocycles. The Kier molecular flexibility index (Phi) is 2.86. The van der Waals surface area contributed by atoms with Gasteiger partial charge in [0.15, 0.2) is 17.0 Å². The van der Waals surface area contributed by atoms with Gasteiger partial charge in [-0.05, 0) is 30.4 Å². The molecule has 0 bridgehead atoms. The quantitative estimate of drug-likeness (QED) is 0.742. The molecule has 1 atom stereocenters. The molecule has 0 aliphatic carbocycles. The maximum absolute atomic E-state index is 6.02. The van der Waals surface area contributed by atoms with Crippen molar-refractivity contribution in [2.24, 2.45) is 13.0 Å². The highest BCUT2D eigenvalue weighted by molar-refractivity contribution is 6.28. The zero-order valence-electron chi connectivity index (χ0n) is 10.6. The Morgan fingerprint density at radius 3 is 3.00 bits per heavy atom. The Bertz CT molecular complexity index is 579. The molecular formula is C12H16ClN5. The van der Waals surface area contributed by atoms with Crippen molar-refractivity contribution in [2.45, 2.75) is 19.8 Å². The summed E-state index contributed by atoms with van der Waals surface area (Å²) < 4.78 is 1.87. The fourth-order valence-electron chi connectivity index (χ4n) is 2.57. The normalized spacial score (nSPS) is 20.6. The van der Waals surface area contributed by atoms with Gasteiger partial charge in [-0.15, -0.1) is 0 Å². The highest BCUT2D eigenvalue weighted by Crippen LogP contribution is 2.27. The number of halogens is 1. The Labute approximate surface area is 111 Å². The van der Waals surface area contributed by atoms with Crippen LogP contribution in [0.15, 0.2) is 6.33 Å². The van der Waals surface area contributed by atoms with Crippen molar-refractivity contribution in [3.63, 3.8) is 0 Å². The molecule has 6 heteroatoms. The molecule has 0 saturated carbocycles. The van der Waals surface area contributed by atoms with Crippen molar-refractivity contribution < 1.29 is 0 Å². The maximum atomic E-state index is 6.02. The molecule has 0 amide bonds. The van der Waals surface area contributed by atoms with Gasteiger partial charge >= 0.3 is 0 Å². The van der Waals surface area contributed by atoms with Crippen LogP contribution in [0.1, 0.15) is 19.8 Å². The first-order valence-corrected chi connectivity index (χ1v) is 6.62. The van der Waals surface area contributed by atoms with Crippen LogP contribution in [0.5, 0.6) is 0 Å². The number of hydrogen-bond acceptors (Lipinski definition) is 4. The molecule has 3 rings (SSSR count). The van der Waals surface area contributed by atoms with E-state index in [0.717, 1.165) is 30.1 Å². The molecule has 0 radical (unpaired) electrons. The summed E-state index contributed by atoms with van der Waals surface area (Å²) >= 11 is 6.02. The summed E-state index contributed by atoms with van der Waals surface area (Å²) in [5, 5.41) is 0.291. The van der Waals surface area contributed by atoms with Gasteiger partial charge in [-0.2, -0.15) is 9.97 Å². The van der Waals surface area contributed by atoms with Crippen LogP contribution in [0.25, 0.3) is 11.2 Å². The van der Waals surface area contributed by atoms with E-state index in [2.05, 4.69) is 26.8 Å². The topological polar surface area (TPSA) is 46.8 Å². The summed E-state index contributed by atoms with van der Waals surface area (Å²) in [6, 6.07) is 0. The number of anilines is 1. The summed E-state index contributed by atoms with van der Waals surface area (Å²) in [7, 11) is 1.92. The number of piperidine rings is 1. The SMILES string of the molecule is CC1CCCN(c2nc(Cl)nc3c2ncn3C)C1. The number of nitrogens with zero attached hydrogens (tertiary/aromatic N) is 5. The van der Waals surface area contributed by atoms with Crippen LogP contribution in [0.2, 0.25) is 5.28 Å². The van der Waals surface area contributed by atoms with E-state index in [1.54, 1.807) is 6.33 Å². The number of aryl methyl sites for hydroxylation is 1. The highest BCUT2D eigenvalue weighted by atomic mass is 35.5. The molecule has 0 N–H and O–H groups in total. The Hall–Kier alpha value is -1.36. The first kappa shape index (κ1) is 11.7. The van der Waals surface area contributed by atoms with E-state index < -0.39 is 0 Å². The molecule has 5 nitrogen and oxygen atoms in total. The second-order valence-corrected chi connectivity index (χ2v) is 5.38. The predicted molar refractivity (Wildman–Crippen MR) is 71.9 cm³/mol. The average molecular weight is 266 g/mol. The molecule has 0 spiro atoms. The lowest BCUT2D eigenvalue weighted by atomic mass is 10.0. The molecule has 96 valence electrons. The molecule has 2 aromatic rings. The smallest absolute Gasteiger partial charge is 0.226 e. The largest absolute Gasteiger partial charge is 0.354 e. The lowest BCUT2D eigenvalue weighted by Crippen LogP contribution is -2.35. The number of aromatic nitrogens is 4. The van der Waals surface area contributed by atoms with E-state index in [4.69, 9.17) is 11.6 Å². The van der Waals surface area contributed by atoms with E-state index in [9.17, 15) is 0 Å². The third-order valence-electron chi connectivity index (χ3n) is 3.47. The number of hydrogen-bond donors (Lipinski definition) is 0. The predicted octanol–water partition coefficient (Wildman–Crippen LogP) is 2.25. The van der Waals surface area contributed by atoms with Gasteiger partial charge in [-0.25, -0.2) is 4.98 Å². The average Bonchev–Trinajstić information content (AvgIpc) is 2.70. The molecule has 1 aliphatic rings. The van der Waals surface area contributed by atoms with Crippen molar-refractivity contribution in [1.82, 2.24) is 19.5 Å². The fourth-order valence-corrected chi connectivity index (χ4v) is 2.73. The van der Waals surface area contributed by atoms with Gasteiger partial charge in [0.1, 0.15) is 0 Å². The first-order chi connectivity index (χ1) is 8.65. The van der Waals surface area contributed by atoms with Gasteiger partial charge in [0.25, 0.3) is 0 Å². The van der Waals surface area contributed by atoms with E-state index in [1.807, 2.05) is 11.6 Å². The van der Waals surface area contributed by atoms with Gasteiger partial charge in [-0.3, -0.25) is 0 Å². The third kappa shape index (κ3) is 1.92. The van der Waals surface area contributed by atoms with Gasteiger partial charge in [0.05, 0.1) is 6.33 Å². The summed E-state index contributed by atoms with van der Waals surface area (Å²) in [6.45, 7) is 4.30. The molecule has 1 fully saturated rings. The molecular weight excluding hydrogens is 250 g/mol. The highest BCUT2D eigenvalue weighted by Gasteiger charge is 2.22. The lowest BCUT2D eigenvalue weighted by Gasteiger charge is -2.31. The summed E-state index contributed by atoms with van der Waals surface area (Å²) in [5.74, 6) is 1.56. The monoisotopic (exact) mass is 265 g/mol. The molecule has 1 unspecified atom stereocenters. The molecule has 1 saturated heterocycles. The van der Waals surface area contributed by atoms with E-state index in [-0.39, 0.29) is 0 Å². The zero-order valence-corrected chi connectivity index (χ0v) is 11.4. The first-order valence-electron chi connectivity index (χ1n) is 6.24. The summed E-state index contributed by atoms with van der Waals surface area (Å²) in [6.07, 6.45) is 4.23. The Morgan fingerprint density at radius 1 is 1.39 bits per heavy atom. The summed E-state index contributed by atoms with van der Waals surface area (Å²) in [4.78, 5) is 15.3. The lowest BCUT2D eigenvalue weighted by molar-refractivity contribution is 0.445. The van der Waals surface area contributed by atoms with Gasteiger partial charge in [0, 0.05) is 20.1 Å². The Balaban J connectivity index is 2.10. The summed E-state index contributed by atoms with van der Waals surface area (Å²) in [5.41, 5.74) is 1.64. The van der Waals surface area contributed by atoms with Crippen LogP contribution in [-0.2, 0) is 7.05 Å². The molecule has 18 heavy (non-hydrogen) atoms. The van der Waals surface area contributed by atoms with Crippen molar-refractivity contribution in [2.75, 3.05) is 18.0 Å². The van der Waals surface area contributed by atoms with Crippen LogP contribution in [-0.4, -0.2) is 32.6 Å². The van der Waals surface area contributed by atoms with Crippen molar-refractivity contribution in [1.29, 1.82) is 0 Å². The minimum atomic E-state index is 0.291. The fraction of sp³-hybridized carbons (Fsp3) is 0.583. The van der Waals surface area contributed by atoms with Crippen LogP contribution in [0.4, 0.5) is 5.82 Å². The van der Waals surface area contributed by atoms with Crippen molar-refractivity contribution in [3.8, 4) is 0 Å². The molecule has 0 aromatic carbocycles. The van der Waals surface area contributed by atoms with E-state index >= 15 is 0 Å². The third-order valence-corrected chi connectivity index (χ3v) is 3.64. The second-order valence-electron chi connectivity index (χ2n) is 5.04. The zero-order chi connectivity index (χ0) is 12.7. The molecule has 2 aromatic heterocycles. The van der Waals surface area contributed by atoms with Crippen LogP contribution < -0.4 is 4.90 Å². The van der Waals surface area contributed by atoms with Crippen LogP contribution in [0, 0.1) is 5.92 Å². The minimum absolute atomic E-state index is 0.291. The van der Waals surface area contributed by atoms with E-state index in [1.165, 1.54) is 12.8 Å². The Morgan fingerprint density at radius 2 is 2.22 bits per heavy atom. The van der Waals surface area contributed by atoms with Gasteiger partial charge in [0.2, 0.25) is 5.28 Å². The van der Waals surface area contributed by atoms with Gasteiger partial charge < -0.3 is 9.47 Å². The maximum Gasteiger partial charge on any atom is 0.226 e.